The van der Waals surface area contributed by atoms with E-state index in [1.807, 2.05) is 6.92 Å². The fourth-order valence-corrected chi connectivity index (χ4v) is 2.70. The van der Waals surface area contributed by atoms with Gasteiger partial charge in [0.15, 0.2) is 11.6 Å². The van der Waals surface area contributed by atoms with Gasteiger partial charge in [0.1, 0.15) is 5.82 Å². The zero-order valence-electron chi connectivity index (χ0n) is 10.8. The lowest BCUT2D eigenvalue weighted by Crippen LogP contribution is -2.09. The number of benzene rings is 2. The number of rotatable bonds is 2. The maximum atomic E-state index is 14.3. The second kappa shape index (κ2) is 4.12. The van der Waals surface area contributed by atoms with Crippen LogP contribution in [0.2, 0.25) is 0 Å². The van der Waals surface area contributed by atoms with Crippen molar-refractivity contribution in [2.24, 2.45) is 0 Å². The number of hydrogen-bond acceptors (Lipinski definition) is 0. The highest BCUT2D eigenvalue weighted by atomic mass is 19.2. The highest BCUT2D eigenvalue weighted by molar-refractivity contribution is 6.03. The summed E-state index contributed by atoms with van der Waals surface area (Å²) in [6, 6.07) is 5.11. The largest absolute Gasteiger partial charge is 0.206 e. The van der Waals surface area contributed by atoms with E-state index in [1.54, 1.807) is 18.2 Å². The molecule has 2 aromatic rings. The van der Waals surface area contributed by atoms with Crippen molar-refractivity contribution in [1.82, 2.24) is 0 Å². The van der Waals surface area contributed by atoms with Crippen LogP contribution in [0.15, 0.2) is 18.2 Å². The Labute approximate surface area is 109 Å². The van der Waals surface area contributed by atoms with E-state index in [2.05, 4.69) is 0 Å². The van der Waals surface area contributed by atoms with Crippen molar-refractivity contribution in [3.05, 3.63) is 46.8 Å². The van der Waals surface area contributed by atoms with Crippen LogP contribution < -0.4 is 0 Å². The number of aryl methyl sites for hydroxylation is 2. The Kier molecular flexibility index (Phi) is 2.66. The summed E-state index contributed by atoms with van der Waals surface area (Å²) in [7, 11) is 0. The molecule has 19 heavy (non-hydrogen) atoms. The maximum Gasteiger partial charge on any atom is 0.167 e. The Balaban J connectivity index is 2.23. The molecule has 0 spiro atoms. The van der Waals surface area contributed by atoms with Crippen molar-refractivity contribution in [2.45, 2.75) is 26.7 Å². The van der Waals surface area contributed by atoms with Crippen LogP contribution in [0, 0.1) is 24.4 Å². The summed E-state index contributed by atoms with van der Waals surface area (Å²) in [6.07, 6.45) is 1.41. The summed E-state index contributed by atoms with van der Waals surface area (Å²) < 4.78 is 41.8. The third kappa shape index (κ3) is 1.54. The summed E-state index contributed by atoms with van der Waals surface area (Å²) >= 11 is 0. The lowest BCUT2D eigenvalue weighted by molar-refractivity contribution is 0.504. The van der Waals surface area contributed by atoms with Gasteiger partial charge in [-0.15, -0.1) is 0 Å². The van der Waals surface area contributed by atoms with Gasteiger partial charge in [-0.25, -0.2) is 13.2 Å². The third-order valence-corrected chi connectivity index (χ3v) is 3.67. The van der Waals surface area contributed by atoms with Crippen LogP contribution in [0.25, 0.3) is 22.3 Å². The summed E-state index contributed by atoms with van der Waals surface area (Å²) in [5, 5.41) is 0. The molecule has 0 fully saturated rings. The molecule has 0 aromatic heterocycles. The zero-order chi connectivity index (χ0) is 13.7. The first-order valence-electron chi connectivity index (χ1n) is 6.37. The molecular formula is C16H13F3. The van der Waals surface area contributed by atoms with Gasteiger partial charge in [0.25, 0.3) is 0 Å². The van der Waals surface area contributed by atoms with Crippen molar-refractivity contribution in [3.63, 3.8) is 0 Å². The Morgan fingerprint density at radius 3 is 2.26 bits per heavy atom. The first-order valence-corrected chi connectivity index (χ1v) is 6.37. The summed E-state index contributed by atoms with van der Waals surface area (Å²) in [4.78, 5) is 0. The van der Waals surface area contributed by atoms with Crippen molar-refractivity contribution in [1.29, 1.82) is 0 Å². The Bertz CT molecular complexity index is 687. The molecule has 0 aliphatic heterocycles. The second-order valence-corrected chi connectivity index (χ2v) is 4.96. The normalized spacial score (nSPS) is 11.8. The standard InChI is InChI=1S/C16H13F3/c1-3-4-9-5-6-10-11-7-8(2)14(17)16(19)13(11)12(10)15(9)18/h5-7H,3-4H2,1-2H3. The molecule has 2 aromatic carbocycles. The van der Waals surface area contributed by atoms with E-state index in [0.29, 0.717) is 23.1 Å². The number of hydrogen-bond donors (Lipinski definition) is 0. The van der Waals surface area contributed by atoms with Gasteiger partial charge in [0.2, 0.25) is 0 Å². The molecule has 1 aliphatic carbocycles. The van der Waals surface area contributed by atoms with Gasteiger partial charge in [-0.2, -0.15) is 0 Å². The SMILES string of the molecule is CCCc1ccc2c(c1F)-c1c-2cc(C)c(F)c1F. The lowest BCUT2D eigenvalue weighted by atomic mass is 9.77. The van der Waals surface area contributed by atoms with Gasteiger partial charge in [-0.1, -0.05) is 25.5 Å². The molecule has 0 unspecified atom stereocenters. The van der Waals surface area contributed by atoms with E-state index in [1.165, 1.54) is 6.92 Å². The average Bonchev–Trinajstić information content (AvgIpc) is 2.37. The smallest absolute Gasteiger partial charge is 0.167 e. The maximum absolute atomic E-state index is 14.3. The average molecular weight is 262 g/mol. The lowest BCUT2D eigenvalue weighted by Gasteiger charge is -2.27. The highest BCUT2D eigenvalue weighted by Gasteiger charge is 2.32. The van der Waals surface area contributed by atoms with Gasteiger partial charge < -0.3 is 0 Å². The minimum Gasteiger partial charge on any atom is -0.206 e. The van der Waals surface area contributed by atoms with Crippen molar-refractivity contribution in [2.75, 3.05) is 0 Å². The van der Waals surface area contributed by atoms with Crippen LogP contribution in [0.1, 0.15) is 24.5 Å². The quantitative estimate of drug-likeness (QED) is 0.608. The van der Waals surface area contributed by atoms with Crippen molar-refractivity contribution < 1.29 is 13.2 Å². The Hall–Kier alpha value is -1.77. The summed E-state index contributed by atoms with van der Waals surface area (Å²) in [6.45, 7) is 3.47. The minimum atomic E-state index is -0.935. The van der Waals surface area contributed by atoms with Gasteiger partial charge in [0, 0.05) is 11.1 Å². The number of fused-ring (bicyclic) bond motifs is 4. The van der Waals surface area contributed by atoms with Gasteiger partial charge in [-0.3, -0.25) is 0 Å². The molecule has 1 aliphatic rings. The van der Waals surface area contributed by atoms with Crippen LogP contribution in [0.5, 0.6) is 0 Å². The highest BCUT2D eigenvalue weighted by Crippen LogP contribution is 2.51. The molecule has 0 radical (unpaired) electrons. The molecule has 98 valence electrons. The van der Waals surface area contributed by atoms with E-state index < -0.39 is 17.5 Å². The van der Waals surface area contributed by atoms with Crippen LogP contribution in [0.4, 0.5) is 13.2 Å². The van der Waals surface area contributed by atoms with Crippen LogP contribution in [-0.4, -0.2) is 0 Å². The first kappa shape index (κ1) is 12.3. The molecule has 0 saturated heterocycles. The van der Waals surface area contributed by atoms with E-state index in [4.69, 9.17) is 0 Å². The zero-order valence-corrected chi connectivity index (χ0v) is 10.8. The van der Waals surface area contributed by atoms with Gasteiger partial charge in [0.05, 0.1) is 0 Å². The molecule has 3 rings (SSSR count). The fourth-order valence-electron chi connectivity index (χ4n) is 2.70. The van der Waals surface area contributed by atoms with Gasteiger partial charge >= 0.3 is 0 Å². The predicted octanol–water partition coefficient (Wildman–Crippen LogP) is 5.01. The monoisotopic (exact) mass is 262 g/mol. The molecule has 3 heteroatoms. The summed E-state index contributed by atoms with van der Waals surface area (Å²) in [5.41, 5.74) is 2.42. The number of halogens is 3. The summed E-state index contributed by atoms with van der Waals surface area (Å²) in [5.74, 6) is -2.23. The van der Waals surface area contributed by atoms with Gasteiger partial charge in [-0.05, 0) is 41.7 Å². The molecule has 0 N–H and O–H groups in total. The molecule has 0 atom stereocenters. The van der Waals surface area contributed by atoms with Crippen molar-refractivity contribution in [3.8, 4) is 22.3 Å². The predicted molar refractivity (Wildman–Crippen MR) is 69.5 cm³/mol. The van der Waals surface area contributed by atoms with Crippen LogP contribution >= 0.6 is 0 Å². The minimum absolute atomic E-state index is 0.0913. The van der Waals surface area contributed by atoms with Crippen molar-refractivity contribution >= 4 is 0 Å². The topological polar surface area (TPSA) is 0 Å². The Morgan fingerprint density at radius 2 is 1.58 bits per heavy atom. The third-order valence-electron chi connectivity index (χ3n) is 3.67. The molecule has 0 bridgehead atoms. The first-order chi connectivity index (χ1) is 9.06. The molecule has 0 saturated carbocycles. The van der Waals surface area contributed by atoms with E-state index >= 15 is 0 Å². The van der Waals surface area contributed by atoms with E-state index in [-0.39, 0.29) is 16.7 Å². The Morgan fingerprint density at radius 1 is 0.895 bits per heavy atom. The second-order valence-electron chi connectivity index (χ2n) is 4.96. The molecule has 0 heterocycles. The molecular weight excluding hydrogens is 249 g/mol. The van der Waals surface area contributed by atoms with Crippen LogP contribution in [-0.2, 0) is 6.42 Å². The van der Waals surface area contributed by atoms with Crippen LogP contribution in [0.3, 0.4) is 0 Å². The fraction of sp³-hybridized carbons (Fsp3) is 0.250. The molecule has 0 amide bonds. The van der Waals surface area contributed by atoms with E-state index in [0.717, 1.165) is 6.42 Å². The molecule has 0 nitrogen and oxygen atoms in total. The van der Waals surface area contributed by atoms with E-state index in [9.17, 15) is 13.2 Å².